The van der Waals surface area contributed by atoms with Crippen molar-refractivity contribution in [2.24, 2.45) is 0 Å². The lowest BCUT2D eigenvalue weighted by Gasteiger charge is -2.14. The summed E-state index contributed by atoms with van der Waals surface area (Å²) in [6.45, 7) is 8.37. The first-order chi connectivity index (χ1) is 11.2. The van der Waals surface area contributed by atoms with Gasteiger partial charge in [0, 0.05) is 12.2 Å². The van der Waals surface area contributed by atoms with Gasteiger partial charge in [0.1, 0.15) is 11.5 Å². The standard InChI is InChI=1S/C18H22N4O/c1-4-10-19-16-12-20-15(11-21-16)18(23)22-17-13(5-2)8-7-9-14(17)6-3/h4,7-9,11-12H,1,5-6,10H2,2-3H3,(H,19,21)(H,22,23). The highest BCUT2D eigenvalue weighted by molar-refractivity contribution is 6.03. The van der Waals surface area contributed by atoms with E-state index in [1.54, 1.807) is 12.3 Å². The molecule has 1 amide bonds. The van der Waals surface area contributed by atoms with E-state index in [-0.39, 0.29) is 5.91 Å². The second-order valence-electron chi connectivity index (χ2n) is 5.07. The topological polar surface area (TPSA) is 66.9 Å². The summed E-state index contributed by atoms with van der Waals surface area (Å²) in [7, 11) is 0. The molecule has 0 saturated heterocycles. The van der Waals surface area contributed by atoms with Crippen molar-refractivity contribution in [2.45, 2.75) is 26.7 Å². The second-order valence-corrected chi connectivity index (χ2v) is 5.07. The van der Waals surface area contributed by atoms with Crippen LogP contribution in [0.3, 0.4) is 0 Å². The van der Waals surface area contributed by atoms with E-state index in [2.05, 4.69) is 41.0 Å². The summed E-state index contributed by atoms with van der Waals surface area (Å²) in [5.41, 5.74) is 3.42. The van der Waals surface area contributed by atoms with Crippen molar-refractivity contribution in [3.8, 4) is 0 Å². The highest BCUT2D eigenvalue weighted by atomic mass is 16.1. The van der Waals surface area contributed by atoms with Gasteiger partial charge in [0.25, 0.3) is 5.91 Å². The van der Waals surface area contributed by atoms with Crippen LogP contribution in [-0.4, -0.2) is 22.4 Å². The molecule has 2 aromatic rings. The molecule has 0 aliphatic carbocycles. The van der Waals surface area contributed by atoms with Crippen LogP contribution in [0.4, 0.5) is 11.5 Å². The maximum absolute atomic E-state index is 12.4. The fourth-order valence-corrected chi connectivity index (χ4v) is 2.29. The minimum Gasteiger partial charge on any atom is -0.365 e. The smallest absolute Gasteiger partial charge is 0.275 e. The van der Waals surface area contributed by atoms with Gasteiger partial charge in [-0.3, -0.25) is 4.79 Å². The minimum atomic E-state index is -0.247. The zero-order valence-electron chi connectivity index (χ0n) is 13.6. The molecule has 1 heterocycles. The molecule has 5 nitrogen and oxygen atoms in total. The summed E-state index contributed by atoms with van der Waals surface area (Å²) in [6.07, 6.45) is 6.47. The van der Waals surface area contributed by atoms with Crippen LogP contribution < -0.4 is 10.6 Å². The first-order valence-electron chi connectivity index (χ1n) is 7.78. The number of rotatable bonds is 7. The Morgan fingerprint density at radius 1 is 1.17 bits per heavy atom. The molecule has 0 unspecified atom stereocenters. The van der Waals surface area contributed by atoms with E-state index in [4.69, 9.17) is 0 Å². The van der Waals surface area contributed by atoms with E-state index in [0.717, 1.165) is 29.7 Å². The fraction of sp³-hybridized carbons (Fsp3) is 0.278. The van der Waals surface area contributed by atoms with Gasteiger partial charge in [-0.25, -0.2) is 9.97 Å². The monoisotopic (exact) mass is 310 g/mol. The largest absolute Gasteiger partial charge is 0.365 e. The molecule has 0 spiro atoms. The fourth-order valence-electron chi connectivity index (χ4n) is 2.29. The first kappa shape index (κ1) is 16.7. The molecule has 1 aromatic carbocycles. The summed E-state index contributed by atoms with van der Waals surface area (Å²) in [4.78, 5) is 20.8. The molecular formula is C18H22N4O. The molecule has 0 bridgehead atoms. The lowest BCUT2D eigenvalue weighted by atomic mass is 10.0. The van der Waals surface area contributed by atoms with Gasteiger partial charge >= 0.3 is 0 Å². The Morgan fingerprint density at radius 3 is 2.39 bits per heavy atom. The number of hydrogen-bond acceptors (Lipinski definition) is 4. The highest BCUT2D eigenvalue weighted by Crippen LogP contribution is 2.23. The number of amides is 1. The van der Waals surface area contributed by atoms with Crippen molar-refractivity contribution >= 4 is 17.4 Å². The quantitative estimate of drug-likeness (QED) is 0.769. The molecule has 0 saturated carbocycles. The van der Waals surface area contributed by atoms with Crippen molar-refractivity contribution in [3.05, 3.63) is 60.1 Å². The molecule has 23 heavy (non-hydrogen) atoms. The van der Waals surface area contributed by atoms with Gasteiger partial charge in [-0.1, -0.05) is 38.1 Å². The van der Waals surface area contributed by atoms with E-state index < -0.39 is 0 Å². The van der Waals surface area contributed by atoms with E-state index in [1.165, 1.54) is 6.20 Å². The van der Waals surface area contributed by atoms with Gasteiger partial charge in [0.2, 0.25) is 0 Å². The number of carbonyl (C=O) groups excluding carboxylic acids is 1. The number of nitrogens with one attached hydrogen (secondary N) is 2. The normalized spacial score (nSPS) is 10.2. The van der Waals surface area contributed by atoms with Gasteiger partial charge < -0.3 is 10.6 Å². The molecule has 0 radical (unpaired) electrons. The number of anilines is 2. The van der Waals surface area contributed by atoms with Crippen molar-refractivity contribution in [3.63, 3.8) is 0 Å². The third-order valence-electron chi connectivity index (χ3n) is 3.55. The molecule has 2 N–H and O–H groups in total. The zero-order chi connectivity index (χ0) is 16.7. The van der Waals surface area contributed by atoms with Crippen molar-refractivity contribution < 1.29 is 4.79 Å². The predicted molar refractivity (Wildman–Crippen MR) is 93.9 cm³/mol. The van der Waals surface area contributed by atoms with E-state index >= 15 is 0 Å². The molecule has 0 aliphatic rings. The van der Waals surface area contributed by atoms with Crippen LogP contribution in [0.1, 0.15) is 35.5 Å². The maximum Gasteiger partial charge on any atom is 0.275 e. The average Bonchev–Trinajstić information content (AvgIpc) is 2.60. The van der Waals surface area contributed by atoms with Crippen molar-refractivity contribution in [1.29, 1.82) is 0 Å². The van der Waals surface area contributed by atoms with Crippen LogP contribution in [0.5, 0.6) is 0 Å². The van der Waals surface area contributed by atoms with Crippen LogP contribution in [0, 0.1) is 0 Å². The number of nitrogens with zero attached hydrogens (tertiary/aromatic N) is 2. The molecule has 0 aliphatic heterocycles. The Kier molecular flexibility index (Phi) is 5.86. The Labute approximate surface area is 136 Å². The molecule has 0 fully saturated rings. The predicted octanol–water partition coefficient (Wildman–Crippen LogP) is 3.45. The Morgan fingerprint density at radius 2 is 1.87 bits per heavy atom. The van der Waals surface area contributed by atoms with Crippen LogP contribution in [0.15, 0.2) is 43.2 Å². The second kappa shape index (κ2) is 8.08. The molecule has 120 valence electrons. The summed E-state index contributed by atoms with van der Waals surface area (Å²) >= 11 is 0. The van der Waals surface area contributed by atoms with Gasteiger partial charge in [0.05, 0.1) is 12.4 Å². The number of carbonyl (C=O) groups is 1. The van der Waals surface area contributed by atoms with Crippen LogP contribution in [0.2, 0.25) is 0 Å². The van der Waals surface area contributed by atoms with Gasteiger partial charge in [-0.15, -0.1) is 6.58 Å². The summed E-state index contributed by atoms with van der Waals surface area (Å²) in [6, 6.07) is 6.08. The number of aryl methyl sites for hydroxylation is 2. The van der Waals surface area contributed by atoms with Gasteiger partial charge in [-0.2, -0.15) is 0 Å². The molecular weight excluding hydrogens is 288 g/mol. The Hall–Kier alpha value is -2.69. The zero-order valence-corrected chi connectivity index (χ0v) is 13.6. The van der Waals surface area contributed by atoms with Crippen LogP contribution >= 0.6 is 0 Å². The molecule has 0 atom stereocenters. The Bertz CT molecular complexity index is 658. The number of aromatic nitrogens is 2. The highest BCUT2D eigenvalue weighted by Gasteiger charge is 2.13. The van der Waals surface area contributed by atoms with Gasteiger partial charge in [0.15, 0.2) is 0 Å². The third-order valence-corrected chi connectivity index (χ3v) is 3.55. The summed E-state index contributed by atoms with van der Waals surface area (Å²) < 4.78 is 0. The minimum absolute atomic E-state index is 0.247. The Balaban J connectivity index is 2.17. The lowest BCUT2D eigenvalue weighted by Crippen LogP contribution is -2.17. The molecule has 2 rings (SSSR count). The SMILES string of the molecule is C=CCNc1cnc(C(=O)Nc2c(CC)cccc2CC)cn1. The average molecular weight is 310 g/mol. The third kappa shape index (κ3) is 4.16. The molecule has 5 heteroatoms. The number of para-hydroxylation sites is 1. The number of benzene rings is 1. The van der Waals surface area contributed by atoms with Crippen molar-refractivity contribution in [1.82, 2.24) is 9.97 Å². The van der Waals surface area contributed by atoms with E-state index in [1.807, 2.05) is 18.2 Å². The van der Waals surface area contributed by atoms with Crippen LogP contribution in [0.25, 0.3) is 0 Å². The maximum atomic E-state index is 12.4. The summed E-state index contributed by atoms with van der Waals surface area (Å²) in [5, 5.41) is 6.01. The summed E-state index contributed by atoms with van der Waals surface area (Å²) in [5.74, 6) is 0.369. The van der Waals surface area contributed by atoms with E-state index in [0.29, 0.717) is 18.1 Å². The van der Waals surface area contributed by atoms with Gasteiger partial charge in [-0.05, 0) is 24.0 Å². The van der Waals surface area contributed by atoms with E-state index in [9.17, 15) is 4.79 Å². The lowest BCUT2D eigenvalue weighted by molar-refractivity contribution is 0.102. The first-order valence-corrected chi connectivity index (χ1v) is 7.78. The number of hydrogen-bond donors (Lipinski definition) is 2. The van der Waals surface area contributed by atoms with Crippen LogP contribution in [-0.2, 0) is 12.8 Å². The van der Waals surface area contributed by atoms with Crippen molar-refractivity contribution in [2.75, 3.05) is 17.2 Å². The molecule has 1 aromatic heterocycles.